The summed E-state index contributed by atoms with van der Waals surface area (Å²) in [6.45, 7) is 4.51. The van der Waals surface area contributed by atoms with Crippen LogP contribution < -0.4 is 0 Å². The number of rotatable bonds is 2. The summed E-state index contributed by atoms with van der Waals surface area (Å²) in [5.74, 6) is 1.18. The summed E-state index contributed by atoms with van der Waals surface area (Å²) in [6, 6.07) is 4.59. The molecule has 0 spiro atoms. The van der Waals surface area contributed by atoms with Gasteiger partial charge in [0.25, 0.3) is 0 Å². The fourth-order valence-corrected chi connectivity index (χ4v) is 2.86. The van der Waals surface area contributed by atoms with Crippen LogP contribution in [0.2, 0.25) is 0 Å². The van der Waals surface area contributed by atoms with Gasteiger partial charge in [-0.2, -0.15) is 0 Å². The van der Waals surface area contributed by atoms with E-state index in [1.54, 1.807) is 0 Å². The van der Waals surface area contributed by atoms with E-state index in [1.807, 2.05) is 12.3 Å². The van der Waals surface area contributed by atoms with Gasteiger partial charge in [-0.15, -0.1) is 0 Å². The lowest BCUT2D eigenvalue weighted by atomic mass is 10.1. The highest BCUT2D eigenvalue weighted by atomic mass is 15.2. The molecule has 0 aromatic carbocycles. The standard InChI is InChI=1S/C14H20N4/c1-3-13-16-12-5-4-8-15-14(12)18(13)11-6-9-17(2)10-7-11/h4-5,8,11H,3,6-7,9-10H2,1-2H3. The molecule has 96 valence electrons. The van der Waals surface area contributed by atoms with E-state index in [0.717, 1.165) is 17.6 Å². The predicted molar refractivity (Wildman–Crippen MR) is 72.7 cm³/mol. The van der Waals surface area contributed by atoms with Crippen molar-refractivity contribution >= 4 is 11.2 Å². The number of likely N-dealkylation sites (tertiary alicyclic amines) is 1. The molecule has 0 N–H and O–H groups in total. The summed E-state index contributed by atoms with van der Waals surface area (Å²) in [7, 11) is 2.20. The monoisotopic (exact) mass is 244 g/mol. The fraction of sp³-hybridized carbons (Fsp3) is 0.571. The molecule has 3 heterocycles. The van der Waals surface area contributed by atoms with Crippen LogP contribution in [-0.2, 0) is 6.42 Å². The molecular formula is C14H20N4. The van der Waals surface area contributed by atoms with Gasteiger partial charge in [0.2, 0.25) is 0 Å². The van der Waals surface area contributed by atoms with E-state index in [-0.39, 0.29) is 0 Å². The number of aryl methyl sites for hydroxylation is 1. The third kappa shape index (κ3) is 1.90. The number of pyridine rings is 1. The molecule has 0 radical (unpaired) electrons. The van der Waals surface area contributed by atoms with Gasteiger partial charge in [-0.1, -0.05) is 6.92 Å². The lowest BCUT2D eigenvalue weighted by Crippen LogP contribution is -2.32. The lowest BCUT2D eigenvalue weighted by molar-refractivity contribution is 0.221. The smallest absolute Gasteiger partial charge is 0.160 e. The van der Waals surface area contributed by atoms with Gasteiger partial charge in [-0.05, 0) is 45.1 Å². The van der Waals surface area contributed by atoms with E-state index in [2.05, 4.69) is 34.5 Å². The van der Waals surface area contributed by atoms with Crippen LogP contribution in [0.1, 0.15) is 31.6 Å². The Kier molecular flexibility index (Phi) is 3.04. The molecular weight excluding hydrogens is 224 g/mol. The van der Waals surface area contributed by atoms with E-state index in [1.165, 1.54) is 31.8 Å². The van der Waals surface area contributed by atoms with Crippen LogP contribution in [0, 0.1) is 0 Å². The molecule has 4 heteroatoms. The van der Waals surface area contributed by atoms with E-state index in [0.29, 0.717) is 6.04 Å². The Morgan fingerprint density at radius 1 is 1.33 bits per heavy atom. The molecule has 0 saturated carbocycles. The first kappa shape index (κ1) is 11.7. The second-order valence-electron chi connectivity index (χ2n) is 5.13. The van der Waals surface area contributed by atoms with Gasteiger partial charge >= 0.3 is 0 Å². The first-order valence-electron chi connectivity index (χ1n) is 6.80. The minimum atomic E-state index is 0.566. The number of piperidine rings is 1. The molecule has 3 rings (SSSR count). The first-order valence-corrected chi connectivity index (χ1v) is 6.80. The highest BCUT2D eigenvalue weighted by molar-refractivity contribution is 5.71. The Bertz CT molecular complexity index is 538. The number of aromatic nitrogens is 3. The summed E-state index contributed by atoms with van der Waals surface area (Å²) in [5, 5.41) is 0. The highest BCUT2D eigenvalue weighted by Gasteiger charge is 2.22. The number of hydrogen-bond donors (Lipinski definition) is 0. The molecule has 18 heavy (non-hydrogen) atoms. The van der Waals surface area contributed by atoms with Crippen molar-refractivity contribution in [1.82, 2.24) is 19.4 Å². The zero-order valence-corrected chi connectivity index (χ0v) is 11.1. The molecule has 1 fully saturated rings. The normalized spacial score (nSPS) is 18.6. The molecule has 2 aromatic heterocycles. The Hall–Kier alpha value is -1.42. The summed E-state index contributed by atoms with van der Waals surface area (Å²) in [6.07, 6.45) is 5.24. The summed E-state index contributed by atoms with van der Waals surface area (Å²) >= 11 is 0. The molecule has 0 aliphatic carbocycles. The van der Waals surface area contributed by atoms with E-state index >= 15 is 0 Å². The Balaban J connectivity index is 2.04. The number of imidazole rings is 1. The molecule has 4 nitrogen and oxygen atoms in total. The second kappa shape index (κ2) is 4.69. The van der Waals surface area contributed by atoms with E-state index in [9.17, 15) is 0 Å². The summed E-state index contributed by atoms with van der Waals surface area (Å²) in [4.78, 5) is 11.6. The van der Waals surface area contributed by atoms with Crippen LogP contribution in [-0.4, -0.2) is 39.6 Å². The van der Waals surface area contributed by atoms with Gasteiger partial charge in [0.1, 0.15) is 11.3 Å². The van der Waals surface area contributed by atoms with Gasteiger partial charge < -0.3 is 9.47 Å². The average molecular weight is 244 g/mol. The van der Waals surface area contributed by atoms with Gasteiger partial charge in [-0.25, -0.2) is 9.97 Å². The van der Waals surface area contributed by atoms with Crippen molar-refractivity contribution in [2.45, 2.75) is 32.2 Å². The first-order chi connectivity index (χ1) is 8.79. The zero-order chi connectivity index (χ0) is 12.5. The molecule has 0 amide bonds. The van der Waals surface area contributed by atoms with Gasteiger partial charge in [0.15, 0.2) is 5.65 Å². The largest absolute Gasteiger partial charge is 0.309 e. The van der Waals surface area contributed by atoms with Gasteiger partial charge in [0.05, 0.1) is 0 Å². The highest BCUT2D eigenvalue weighted by Crippen LogP contribution is 2.27. The minimum absolute atomic E-state index is 0.566. The quantitative estimate of drug-likeness (QED) is 0.812. The molecule has 1 saturated heterocycles. The molecule has 1 aliphatic heterocycles. The Labute approximate surface area is 108 Å². The maximum absolute atomic E-state index is 4.71. The van der Waals surface area contributed by atoms with Crippen LogP contribution >= 0.6 is 0 Å². The van der Waals surface area contributed by atoms with Crippen LogP contribution in [0.3, 0.4) is 0 Å². The van der Waals surface area contributed by atoms with Gasteiger partial charge in [0, 0.05) is 18.7 Å². The summed E-state index contributed by atoms with van der Waals surface area (Å²) in [5.41, 5.74) is 2.09. The SMILES string of the molecule is CCc1nc2cccnc2n1C1CCN(C)CC1. The third-order valence-electron chi connectivity index (χ3n) is 3.89. The molecule has 2 aromatic rings. The predicted octanol–water partition coefficient (Wildman–Crippen LogP) is 2.26. The van der Waals surface area contributed by atoms with E-state index in [4.69, 9.17) is 4.98 Å². The number of fused-ring (bicyclic) bond motifs is 1. The Morgan fingerprint density at radius 3 is 2.83 bits per heavy atom. The fourth-order valence-electron chi connectivity index (χ4n) is 2.86. The van der Waals surface area contributed by atoms with Crippen molar-refractivity contribution in [3.8, 4) is 0 Å². The van der Waals surface area contributed by atoms with Crippen LogP contribution in [0.4, 0.5) is 0 Å². The number of hydrogen-bond acceptors (Lipinski definition) is 3. The van der Waals surface area contributed by atoms with Crippen LogP contribution in [0.5, 0.6) is 0 Å². The number of nitrogens with zero attached hydrogens (tertiary/aromatic N) is 4. The molecule has 0 bridgehead atoms. The van der Waals surface area contributed by atoms with Crippen molar-refractivity contribution < 1.29 is 0 Å². The summed E-state index contributed by atoms with van der Waals surface area (Å²) < 4.78 is 2.38. The molecule has 0 atom stereocenters. The average Bonchev–Trinajstić information content (AvgIpc) is 2.78. The maximum Gasteiger partial charge on any atom is 0.160 e. The lowest BCUT2D eigenvalue weighted by Gasteiger charge is -2.30. The zero-order valence-electron chi connectivity index (χ0n) is 11.1. The molecule has 1 aliphatic rings. The Morgan fingerprint density at radius 2 is 2.11 bits per heavy atom. The van der Waals surface area contributed by atoms with Gasteiger partial charge in [-0.3, -0.25) is 0 Å². The molecule has 0 unspecified atom stereocenters. The van der Waals surface area contributed by atoms with Crippen LogP contribution in [0.25, 0.3) is 11.2 Å². The second-order valence-corrected chi connectivity index (χ2v) is 5.13. The minimum Gasteiger partial charge on any atom is -0.309 e. The van der Waals surface area contributed by atoms with Crippen molar-refractivity contribution in [3.63, 3.8) is 0 Å². The van der Waals surface area contributed by atoms with E-state index < -0.39 is 0 Å². The van der Waals surface area contributed by atoms with Crippen molar-refractivity contribution in [1.29, 1.82) is 0 Å². The van der Waals surface area contributed by atoms with Crippen LogP contribution in [0.15, 0.2) is 18.3 Å². The third-order valence-corrected chi connectivity index (χ3v) is 3.89. The maximum atomic E-state index is 4.71. The van der Waals surface area contributed by atoms with Crippen molar-refractivity contribution in [2.24, 2.45) is 0 Å². The topological polar surface area (TPSA) is 34.0 Å². The van der Waals surface area contributed by atoms with Crippen molar-refractivity contribution in [3.05, 3.63) is 24.2 Å². The van der Waals surface area contributed by atoms with Crippen molar-refractivity contribution in [2.75, 3.05) is 20.1 Å².